The molecular formula is C17H20F3NO. The predicted octanol–water partition coefficient (Wildman–Crippen LogP) is 5.20. The number of halogens is 3. The van der Waals surface area contributed by atoms with Crippen LogP contribution in [0.15, 0.2) is 47.6 Å². The van der Waals surface area contributed by atoms with Crippen LogP contribution >= 0.6 is 0 Å². The van der Waals surface area contributed by atoms with Crippen LogP contribution in [0.1, 0.15) is 39.2 Å². The fourth-order valence-corrected chi connectivity index (χ4v) is 1.83. The molecule has 0 aliphatic carbocycles. The molecule has 5 heteroatoms. The van der Waals surface area contributed by atoms with Gasteiger partial charge in [0, 0.05) is 11.3 Å². The molecule has 0 fully saturated rings. The monoisotopic (exact) mass is 311 g/mol. The quantitative estimate of drug-likeness (QED) is 0.600. The average Bonchev–Trinajstić information content (AvgIpc) is 2.43. The maximum absolute atomic E-state index is 12.7. The second-order valence-corrected chi connectivity index (χ2v) is 5.30. The van der Waals surface area contributed by atoms with Crippen LogP contribution in [0.25, 0.3) is 0 Å². The zero-order chi connectivity index (χ0) is 16.9. The Morgan fingerprint density at radius 1 is 1.27 bits per heavy atom. The molecule has 0 saturated heterocycles. The van der Waals surface area contributed by atoms with Crippen LogP contribution in [-0.2, 0) is 4.79 Å². The predicted molar refractivity (Wildman–Crippen MR) is 82.7 cm³/mol. The van der Waals surface area contributed by atoms with E-state index in [2.05, 4.69) is 5.32 Å². The minimum absolute atomic E-state index is 0.000347. The SMILES string of the molecule is C/C=C(\C=C(/C)C(=O)Nc1cccc(C(C)C)c1)C(F)(F)F. The number of rotatable bonds is 4. The van der Waals surface area contributed by atoms with Crippen LogP contribution in [0.2, 0.25) is 0 Å². The van der Waals surface area contributed by atoms with Gasteiger partial charge in [-0.1, -0.05) is 32.1 Å². The van der Waals surface area contributed by atoms with Crippen molar-refractivity contribution in [1.29, 1.82) is 0 Å². The Balaban J connectivity index is 2.91. The molecule has 1 aromatic rings. The third-order valence-corrected chi connectivity index (χ3v) is 3.18. The number of alkyl halides is 3. The Morgan fingerprint density at radius 2 is 1.91 bits per heavy atom. The van der Waals surface area contributed by atoms with Crippen molar-refractivity contribution in [3.05, 3.63) is 53.1 Å². The number of nitrogens with one attached hydrogen (secondary N) is 1. The lowest BCUT2D eigenvalue weighted by Crippen LogP contribution is -2.15. The van der Waals surface area contributed by atoms with E-state index in [-0.39, 0.29) is 5.57 Å². The van der Waals surface area contributed by atoms with Gasteiger partial charge in [-0.25, -0.2) is 0 Å². The van der Waals surface area contributed by atoms with Crippen molar-refractivity contribution in [3.63, 3.8) is 0 Å². The zero-order valence-corrected chi connectivity index (χ0v) is 13.1. The Kier molecular flexibility index (Phi) is 5.97. The van der Waals surface area contributed by atoms with Gasteiger partial charge in [0.1, 0.15) is 0 Å². The first-order valence-electron chi connectivity index (χ1n) is 6.98. The second-order valence-electron chi connectivity index (χ2n) is 5.30. The summed E-state index contributed by atoms with van der Waals surface area (Å²) in [4.78, 5) is 12.0. The highest BCUT2D eigenvalue weighted by atomic mass is 19.4. The van der Waals surface area contributed by atoms with E-state index in [4.69, 9.17) is 0 Å². The number of amides is 1. The molecule has 1 rings (SSSR count). The number of carbonyl (C=O) groups excluding carboxylic acids is 1. The van der Waals surface area contributed by atoms with Crippen LogP contribution in [0.4, 0.5) is 18.9 Å². The molecule has 120 valence electrons. The highest BCUT2D eigenvalue weighted by Crippen LogP contribution is 2.27. The van der Waals surface area contributed by atoms with Gasteiger partial charge >= 0.3 is 6.18 Å². The lowest BCUT2D eigenvalue weighted by Gasteiger charge is -2.11. The maximum atomic E-state index is 12.7. The van der Waals surface area contributed by atoms with Gasteiger partial charge in [-0.05, 0) is 43.5 Å². The number of carbonyl (C=O) groups is 1. The van der Waals surface area contributed by atoms with E-state index in [0.29, 0.717) is 11.6 Å². The van der Waals surface area contributed by atoms with Crippen molar-refractivity contribution >= 4 is 11.6 Å². The molecule has 0 spiro atoms. The molecule has 0 heterocycles. The Hall–Kier alpha value is -2.04. The van der Waals surface area contributed by atoms with E-state index >= 15 is 0 Å². The first-order valence-corrected chi connectivity index (χ1v) is 6.98. The van der Waals surface area contributed by atoms with Gasteiger partial charge in [-0.15, -0.1) is 0 Å². The molecule has 0 saturated carbocycles. The maximum Gasteiger partial charge on any atom is 0.416 e. The molecule has 1 N–H and O–H groups in total. The normalized spacial score (nSPS) is 13.5. The largest absolute Gasteiger partial charge is 0.416 e. The van der Waals surface area contributed by atoms with E-state index in [1.807, 2.05) is 26.0 Å². The van der Waals surface area contributed by atoms with Gasteiger partial charge in [0.2, 0.25) is 0 Å². The topological polar surface area (TPSA) is 29.1 Å². The van der Waals surface area contributed by atoms with E-state index in [1.165, 1.54) is 13.8 Å². The molecular weight excluding hydrogens is 291 g/mol. The lowest BCUT2D eigenvalue weighted by molar-refractivity contribution is -0.112. The summed E-state index contributed by atoms with van der Waals surface area (Å²) in [6, 6.07) is 7.26. The molecule has 0 atom stereocenters. The highest BCUT2D eigenvalue weighted by Gasteiger charge is 2.31. The Labute approximate surface area is 128 Å². The smallest absolute Gasteiger partial charge is 0.322 e. The number of hydrogen-bond acceptors (Lipinski definition) is 1. The third-order valence-electron chi connectivity index (χ3n) is 3.18. The highest BCUT2D eigenvalue weighted by molar-refractivity contribution is 6.03. The van der Waals surface area contributed by atoms with Crippen molar-refractivity contribution in [1.82, 2.24) is 0 Å². The minimum atomic E-state index is -4.46. The number of hydrogen-bond donors (Lipinski definition) is 1. The third kappa shape index (κ3) is 5.06. The summed E-state index contributed by atoms with van der Waals surface area (Å²) in [5.41, 5.74) is 0.776. The van der Waals surface area contributed by atoms with Gasteiger partial charge < -0.3 is 5.32 Å². The van der Waals surface area contributed by atoms with Crippen molar-refractivity contribution in [2.75, 3.05) is 5.32 Å². The summed E-state index contributed by atoms with van der Waals surface area (Å²) in [5.74, 6) is -0.252. The number of allylic oxidation sites excluding steroid dienone is 3. The summed E-state index contributed by atoms with van der Waals surface area (Å²) in [7, 11) is 0. The summed E-state index contributed by atoms with van der Waals surface area (Å²) >= 11 is 0. The van der Waals surface area contributed by atoms with E-state index < -0.39 is 17.7 Å². The first kappa shape index (κ1) is 18.0. The van der Waals surface area contributed by atoms with E-state index in [9.17, 15) is 18.0 Å². The van der Waals surface area contributed by atoms with Crippen molar-refractivity contribution in [2.45, 2.75) is 39.8 Å². The molecule has 0 unspecified atom stereocenters. The van der Waals surface area contributed by atoms with Crippen LogP contribution in [0.3, 0.4) is 0 Å². The number of benzene rings is 1. The summed E-state index contributed by atoms with van der Waals surface area (Å²) in [6.07, 6.45) is -2.67. The van der Waals surface area contributed by atoms with Crippen LogP contribution < -0.4 is 5.32 Å². The molecule has 0 aromatic heterocycles. The molecule has 0 aliphatic heterocycles. The fourth-order valence-electron chi connectivity index (χ4n) is 1.83. The van der Waals surface area contributed by atoms with Gasteiger partial charge in [0.15, 0.2) is 0 Å². The molecule has 0 bridgehead atoms. The van der Waals surface area contributed by atoms with Gasteiger partial charge in [0.25, 0.3) is 5.91 Å². The summed E-state index contributed by atoms with van der Waals surface area (Å²) in [6.45, 7) is 6.69. The minimum Gasteiger partial charge on any atom is -0.322 e. The summed E-state index contributed by atoms with van der Waals surface area (Å²) in [5, 5.41) is 2.62. The van der Waals surface area contributed by atoms with E-state index in [0.717, 1.165) is 17.7 Å². The van der Waals surface area contributed by atoms with Crippen LogP contribution in [0.5, 0.6) is 0 Å². The van der Waals surface area contributed by atoms with Gasteiger partial charge in [0.05, 0.1) is 5.57 Å². The summed E-state index contributed by atoms with van der Waals surface area (Å²) < 4.78 is 38.0. The molecule has 22 heavy (non-hydrogen) atoms. The van der Waals surface area contributed by atoms with Crippen LogP contribution in [-0.4, -0.2) is 12.1 Å². The van der Waals surface area contributed by atoms with E-state index in [1.54, 1.807) is 12.1 Å². The molecule has 2 nitrogen and oxygen atoms in total. The van der Waals surface area contributed by atoms with Gasteiger partial charge in [-0.3, -0.25) is 4.79 Å². The van der Waals surface area contributed by atoms with Gasteiger partial charge in [-0.2, -0.15) is 13.2 Å². The van der Waals surface area contributed by atoms with Crippen molar-refractivity contribution < 1.29 is 18.0 Å². The molecule has 1 aromatic carbocycles. The van der Waals surface area contributed by atoms with Crippen molar-refractivity contribution in [2.24, 2.45) is 0 Å². The molecule has 1 amide bonds. The average molecular weight is 311 g/mol. The standard InChI is InChI=1S/C17H20F3NO/c1-5-14(17(18,19)20)9-12(4)16(22)21-15-8-6-7-13(10-15)11(2)3/h5-11H,1-4H3,(H,21,22)/b12-9+,14-5+. The van der Waals surface area contributed by atoms with Crippen molar-refractivity contribution in [3.8, 4) is 0 Å². The molecule has 0 aliphatic rings. The molecule has 0 radical (unpaired) electrons. The lowest BCUT2D eigenvalue weighted by atomic mass is 10.0. The second kappa shape index (κ2) is 7.29. The Morgan fingerprint density at radius 3 is 2.41 bits per heavy atom. The van der Waals surface area contributed by atoms with Crippen LogP contribution in [0, 0.1) is 0 Å². The first-order chi connectivity index (χ1) is 10.1. The number of anilines is 1. The zero-order valence-electron chi connectivity index (χ0n) is 13.1. The fraction of sp³-hybridized carbons (Fsp3) is 0.353. The Bertz CT molecular complexity index is 598.